The summed E-state index contributed by atoms with van der Waals surface area (Å²) >= 11 is 1.44. The van der Waals surface area contributed by atoms with Crippen LogP contribution in [0.2, 0.25) is 0 Å². The number of thiophene rings is 1. The van der Waals surface area contributed by atoms with E-state index < -0.39 is 13.0 Å². The number of amides is 1. The molecular weight excluding hydrogens is 452 g/mol. The summed E-state index contributed by atoms with van der Waals surface area (Å²) in [6.07, 6.45) is -1.07. The Hall–Kier alpha value is -3.44. The van der Waals surface area contributed by atoms with Gasteiger partial charge in [0, 0.05) is 40.8 Å². The molecule has 2 N–H and O–H groups in total. The Morgan fingerprint density at radius 1 is 1.15 bits per heavy atom. The van der Waals surface area contributed by atoms with Crippen molar-refractivity contribution in [3.8, 4) is 11.8 Å². The molecule has 1 amide bonds. The van der Waals surface area contributed by atoms with E-state index in [1.807, 2.05) is 18.2 Å². The van der Waals surface area contributed by atoms with Crippen molar-refractivity contribution in [2.24, 2.45) is 0 Å². The van der Waals surface area contributed by atoms with Crippen molar-refractivity contribution in [1.29, 1.82) is 0 Å². The smallest absolute Gasteiger partial charge is 0.263 e. The molecule has 3 aromatic heterocycles. The third-order valence-corrected chi connectivity index (χ3v) is 6.22. The maximum atomic E-state index is 12.4. The second-order valence-electron chi connectivity index (χ2n) is 7.40. The summed E-state index contributed by atoms with van der Waals surface area (Å²) < 4.78 is 36.7. The summed E-state index contributed by atoms with van der Waals surface area (Å²) in [6.45, 7) is 2.10. The first-order valence-corrected chi connectivity index (χ1v) is 11.1. The number of halogens is 2. The van der Waals surface area contributed by atoms with Crippen LogP contribution in [0.3, 0.4) is 0 Å². The predicted octanol–water partition coefficient (Wildman–Crippen LogP) is 4.28. The molecule has 4 heterocycles. The highest BCUT2D eigenvalue weighted by Gasteiger charge is 2.22. The second kappa shape index (κ2) is 8.83. The first-order valence-electron chi connectivity index (χ1n) is 10.2. The maximum absolute atomic E-state index is 12.4. The number of anilines is 1. The van der Waals surface area contributed by atoms with E-state index >= 15 is 0 Å². The standard InChI is InChI=1S/C22H19F2N5O3S/c1-11-27-8-12(9-31-10-16(23)24)22(28-11)32-17-5-2-13-14(29-17)3-4-15-18(13)19-20(33-15)21(30)26-7-6-25-19/h2-5,8,16,25H,6-7,9-10H2,1H3,(H,26,30). The summed E-state index contributed by atoms with van der Waals surface area (Å²) in [4.78, 5) is 26.0. The number of carbonyl (C=O) groups excluding carboxylic acids is 1. The minimum Gasteiger partial charge on any atom is -0.420 e. The number of ether oxygens (including phenoxy) is 2. The number of nitrogens with one attached hydrogen (secondary N) is 2. The van der Waals surface area contributed by atoms with Gasteiger partial charge < -0.3 is 20.1 Å². The van der Waals surface area contributed by atoms with Gasteiger partial charge in [0.15, 0.2) is 0 Å². The van der Waals surface area contributed by atoms with Gasteiger partial charge in [0.25, 0.3) is 12.3 Å². The van der Waals surface area contributed by atoms with E-state index in [1.54, 1.807) is 13.0 Å². The molecule has 0 atom stereocenters. The largest absolute Gasteiger partial charge is 0.420 e. The highest BCUT2D eigenvalue weighted by atomic mass is 32.1. The van der Waals surface area contributed by atoms with E-state index in [2.05, 4.69) is 25.6 Å². The number of nitrogens with zero attached hydrogens (tertiary/aromatic N) is 3. The number of carbonyl (C=O) groups is 1. The molecule has 170 valence electrons. The van der Waals surface area contributed by atoms with Gasteiger partial charge in [-0.05, 0) is 25.1 Å². The van der Waals surface area contributed by atoms with Crippen LogP contribution in [0.4, 0.5) is 14.5 Å². The monoisotopic (exact) mass is 471 g/mol. The molecule has 4 aromatic rings. The van der Waals surface area contributed by atoms with E-state index in [0.29, 0.717) is 40.8 Å². The average molecular weight is 471 g/mol. The molecule has 33 heavy (non-hydrogen) atoms. The highest BCUT2D eigenvalue weighted by Crippen LogP contribution is 2.41. The van der Waals surface area contributed by atoms with E-state index in [-0.39, 0.29) is 18.4 Å². The number of benzene rings is 1. The Morgan fingerprint density at radius 3 is 2.85 bits per heavy atom. The van der Waals surface area contributed by atoms with Crippen molar-refractivity contribution >= 4 is 43.9 Å². The van der Waals surface area contributed by atoms with Crippen LogP contribution < -0.4 is 15.4 Å². The number of rotatable bonds is 6. The van der Waals surface area contributed by atoms with Crippen molar-refractivity contribution in [3.63, 3.8) is 0 Å². The van der Waals surface area contributed by atoms with Gasteiger partial charge in [-0.15, -0.1) is 11.3 Å². The summed E-state index contributed by atoms with van der Waals surface area (Å²) in [7, 11) is 0. The molecule has 0 fully saturated rings. The van der Waals surface area contributed by atoms with Crippen LogP contribution in [0.5, 0.6) is 11.8 Å². The predicted molar refractivity (Wildman–Crippen MR) is 120 cm³/mol. The Balaban J connectivity index is 1.50. The van der Waals surface area contributed by atoms with Crippen LogP contribution in [0.1, 0.15) is 21.1 Å². The fourth-order valence-electron chi connectivity index (χ4n) is 3.63. The minimum absolute atomic E-state index is 0.0852. The normalized spacial score (nSPS) is 13.6. The van der Waals surface area contributed by atoms with Gasteiger partial charge in [0.2, 0.25) is 11.8 Å². The van der Waals surface area contributed by atoms with Crippen LogP contribution >= 0.6 is 11.3 Å². The molecule has 1 aliphatic rings. The maximum Gasteiger partial charge on any atom is 0.263 e. The molecule has 5 rings (SSSR count). The minimum atomic E-state index is -2.56. The molecule has 0 bridgehead atoms. The highest BCUT2D eigenvalue weighted by molar-refractivity contribution is 7.21. The van der Waals surface area contributed by atoms with Crippen molar-refractivity contribution in [2.75, 3.05) is 25.0 Å². The van der Waals surface area contributed by atoms with Crippen molar-refractivity contribution in [1.82, 2.24) is 20.3 Å². The number of pyridine rings is 1. The van der Waals surface area contributed by atoms with E-state index in [1.165, 1.54) is 17.5 Å². The summed E-state index contributed by atoms with van der Waals surface area (Å²) in [5.74, 6) is 0.878. The lowest BCUT2D eigenvalue weighted by molar-refractivity contribution is 0.00916. The lowest BCUT2D eigenvalue weighted by atomic mass is 10.1. The van der Waals surface area contributed by atoms with Crippen LogP contribution in [0.25, 0.3) is 21.0 Å². The lowest BCUT2D eigenvalue weighted by Crippen LogP contribution is -2.24. The second-order valence-corrected chi connectivity index (χ2v) is 8.45. The molecule has 1 aromatic carbocycles. The van der Waals surface area contributed by atoms with Crippen molar-refractivity contribution in [3.05, 3.63) is 46.7 Å². The number of fused-ring (bicyclic) bond motifs is 5. The fourth-order valence-corrected chi connectivity index (χ4v) is 4.74. The van der Waals surface area contributed by atoms with Gasteiger partial charge in [0.1, 0.15) is 17.3 Å². The number of aryl methyl sites for hydroxylation is 1. The van der Waals surface area contributed by atoms with Crippen LogP contribution in [-0.4, -0.2) is 47.0 Å². The molecule has 0 aliphatic carbocycles. The summed E-state index contributed by atoms with van der Waals surface area (Å²) in [5.41, 5.74) is 1.95. The zero-order chi connectivity index (χ0) is 22.9. The zero-order valence-corrected chi connectivity index (χ0v) is 18.3. The molecule has 0 spiro atoms. The SMILES string of the molecule is Cc1ncc(COCC(F)F)c(Oc2ccc3c(ccc4sc5c(c43)NCCNC5=O)n2)n1. The lowest BCUT2D eigenvalue weighted by Gasteiger charge is -2.11. The zero-order valence-electron chi connectivity index (χ0n) is 17.5. The van der Waals surface area contributed by atoms with Crippen LogP contribution in [0, 0.1) is 6.92 Å². The quantitative estimate of drug-likeness (QED) is 0.433. The van der Waals surface area contributed by atoms with Crippen LogP contribution in [0.15, 0.2) is 30.5 Å². The molecule has 11 heteroatoms. The summed E-state index contributed by atoms with van der Waals surface area (Å²) in [5, 5.41) is 8.07. The Kier molecular flexibility index (Phi) is 5.73. The Morgan fingerprint density at radius 2 is 2.00 bits per heavy atom. The van der Waals surface area contributed by atoms with E-state index in [4.69, 9.17) is 9.47 Å². The molecule has 0 saturated heterocycles. The molecule has 0 saturated carbocycles. The van der Waals surface area contributed by atoms with Gasteiger partial charge in [-0.25, -0.2) is 18.7 Å². The number of aromatic nitrogens is 3. The fraction of sp³-hybridized carbons (Fsp3) is 0.273. The number of hydrogen-bond donors (Lipinski definition) is 2. The molecular formula is C22H19F2N5O3S. The van der Waals surface area contributed by atoms with Crippen molar-refractivity contribution < 1.29 is 23.0 Å². The molecule has 0 radical (unpaired) electrons. The van der Waals surface area contributed by atoms with Crippen LogP contribution in [-0.2, 0) is 11.3 Å². The molecule has 8 nitrogen and oxygen atoms in total. The van der Waals surface area contributed by atoms with Gasteiger partial charge in [0.05, 0.1) is 23.4 Å². The van der Waals surface area contributed by atoms with Gasteiger partial charge >= 0.3 is 0 Å². The third kappa shape index (κ3) is 4.29. The molecule has 1 aliphatic heterocycles. The van der Waals surface area contributed by atoms with Crippen molar-refractivity contribution in [2.45, 2.75) is 20.0 Å². The third-order valence-electron chi connectivity index (χ3n) is 5.06. The van der Waals surface area contributed by atoms with Gasteiger partial charge in [-0.1, -0.05) is 0 Å². The first-order chi connectivity index (χ1) is 16.0. The molecule has 0 unspecified atom stereocenters. The average Bonchev–Trinajstić information content (AvgIpc) is 3.07. The van der Waals surface area contributed by atoms with Gasteiger partial charge in [-0.3, -0.25) is 4.79 Å². The number of hydrogen-bond acceptors (Lipinski definition) is 8. The Labute approximate surface area is 191 Å². The Bertz CT molecular complexity index is 1360. The van der Waals surface area contributed by atoms with E-state index in [0.717, 1.165) is 21.2 Å². The summed E-state index contributed by atoms with van der Waals surface area (Å²) in [6, 6.07) is 7.40. The first kappa shape index (κ1) is 21.4. The number of alkyl halides is 2. The topological polar surface area (TPSA) is 98.3 Å². The van der Waals surface area contributed by atoms with Gasteiger partial charge in [-0.2, -0.15) is 4.98 Å². The van der Waals surface area contributed by atoms with E-state index in [9.17, 15) is 13.6 Å².